The van der Waals surface area contributed by atoms with Crippen molar-refractivity contribution >= 4 is 21.8 Å². The fourth-order valence-electron chi connectivity index (χ4n) is 3.26. The molecule has 0 fully saturated rings. The van der Waals surface area contributed by atoms with Gasteiger partial charge in [0.25, 0.3) is 0 Å². The topological polar surface area (TPSA) is 40.7 Å². The Bertz CT molecular complexity index is 979. The Kier molecular flexibility index (Phi) is 4.01. The standard InChI is InChI=1S/C21H21N3/c1-15-23-20-10-9-16(13-21(20)24-15)14-22-12-11-18-7-4-6-17-5-2-3-8-19(17)18/h2-10,13,22H,11-12,14H2,1H3,(H,23,24). The molecule has 24 heavy (non-hydrogen) atoms. The minimum atomic E-state index is 0.868. The molecule has 0 aliphatic heterocycles. The van der Waals surface area contributed by atoms with Crippen LogP contribution in [0, 0.1) is 6.92 Å². The number of rotatable bonds is 5. The fourth-order valence-corrected chi connectivity index (χ4v) is 3.26. The van der Waals surface area contributed by atoms with Gasteiger partial charge in [0.2, 0.25) is 0 Å². The van der Waals surface area contributed by atoms with E-state index in [1.807, 2.05) is 6.92 Å². The Morgan fingerprint density at radius 2 is 1.88 bits per heavy atom. The van der Waals surface area contributed by atoms with Crippen molar-refractivity contribution in [3.8, 4) is 0 Å². The van der Waals surface area contributed by atoms with Crippen LogP contribution in [0.1, 0.15) is 17.0 Å². The van der Waals surface area contributed by atoms with E-state index in [9.17, 15) is 0 Å². The van der Waals surface area contributed by atoms with Crippen LogP contribution in [0.25, 0.3) is 21.8 Å². The molecule has 0 aliphatic rings. The molecule has 3 heteroatoms. The SMILES string of the molecule is Cc1nc2cc(CNCCc3cccc4ccccc34)ccc2[nH]1. The van der Waals surface area contributed by atoms with Crippen LogP contribution in [0.5, 0.6) is 0 Å². The van der Waals surface area contributed by atoms with Gasteiger partial charge in [0.15, 0.2) is 0 Å². The zero-order chi connectivity index (χ0) is 16.4. The maximum absolute atomic E-state index is 4.50. The van der Waals surface area contributed by atoms with Gasteiger partial charge in [-0.15, -0.1) is 0 Å². The lowest BCUT2D eigenvalue weighted by Crippen LogP contribution is -2.16. The number of aromatic nitrogens is 2. The Morgan fingerprint density at radius 1 is 1.00 bits per heavy atom. The van der Waals surface area contributed by atoms with Gasteiger partial charge in [-0.25, -0.2) is 4.98 Å². The number of hydrogen-bond acceptors (Lipinski definition) is 2. The van der Waals surface area contributed by atoms with Crippen LogP contribution in [0.4, 0.5) is 0 Å². The number of fused-ring (bicyclic) bond motifs is 2. The molecule has 0 saturated carbocycles. The van der Waals surface area contributed by atoms with E-state index in [0.717, 1.165) is 36.4 Å². The molecule has 1 heterocycles. The summed E-state index contributed by atoms with van der Waals surface area (Å²) in [7, 11) is 0. The number of aryl methyl sites for hydroxylation is 1. The molecule has 0 amide bonds. The van der Waals surface area contributed by atoms with Gasteiger partial charge in [0.1, 0.15) is 5.82 Å². The van der Waals surface area contributed by atoms with Gasteiger partial charge in [0.05, 0.1) is 11.0 Å². The minimum absolute atomic E-state index is 0.868. The lowest BCUT2D eigenvalue weighted by molar-refractivity contribution is 0.689. The van der Waals surface area contributed by atoms with E-state index in [-0.39, 0.29) is 0 Å². The van der Waals surface area contributed by atoms with Crippen LogP contribution in [0.15, 0.2) is 60.7 Å². The molecule has 3 nitrogen and oxygen atoms in total. The first kappa shape index (κ1) is 14.9. The van der Waals surface area contributed by atoms with Crippen molar-refractivity contribution in [3.05, 3.63) is 77.6 Å². The summed E-state index contributed by atoms with van der Waals surface area (Å²) in [5.74, 6) is 0.964. The third-order valence-corrected chi connectivity index (χ3v) is 4.45. The van der Waals surface area contributed by atoms with Crippen LogP contribution in [-0.4, -0.2) is 16.5 Å². The first-order chi connectivity index (χ1) is 11.8. The van der Waals surface area contributed by atoms with E-state index < -0.39 is 0 Å². The molecule has 4 aromatic rings. The van der Waals surface area contributed by atoms with Gasteiger partial charge in [-0.05, 0) is 53.9 Å². The molecular weight excluding hydrogens is 294 g/mol. The van der Waals surface area contributed by atoms with E-state index in [1.54, 1.807) is 0 Å². The number of hydrogen-bond donors (Lipinski definition) is 2. The second-order valence-corrected chi connectivity index (χ2v) is 6.24. The largest absolute Gasteiger partial charge is 0.342 e. The van der Waals surface area contributed by atoms with Crippen LogP contribution >= 0.6 is 0 Å². The van der Waals surface area contributed by atoms with Crippen molar-refractivity contribution in [2.45, 2.75) is 19.9 Å². The van der Waals surface area contributed by atoms with Crippen LogP contribution in [0.2, 0.25) is 0 Å². The van der Waals surface area contributed by atoms with Crippen molar-refractivity contribution in [2.24, 2.45) is 0 Å². The molecule has 4 rings (SSSR count). The number of benzene rings is 3. The summed E-state index contributed by atoms with van der Waals surface area (Å²) in [5.41, 5.74) is 4.82. The molecule has 0 saturated heterocycles. The lowest BCUT2D eigenvalue weighted by Gasteiger charge is -2.08. The van der Waals surface area contributed by atoms with Crippen LogP contribution in [0.3, 0.4) is 0 Å². The first-order valence-corrected chi connectivity index (χ1v) is 8.42. The average molecular weight is 315 g/mol. The minimum Gasteiger partial charge on any atom is -0.342 e. The summed E-state index contributed by atoms with van der Waals surface area (Å²) < 4.78 is 0. The molecule has 120 valence electrons. The summed E-state index contributed by atoms with van der Waals surface area (Å²) in [6, 6.07) is 21.6. The molecule has 2 N–H and O–H groups in total. The van der Waals surface area contributed by atoms with Crippen molar-refractivity contribution in [1.29, 1.82) is 0 Å². The molecule has 0 radical (unpaired) electrons. The van der Waals surface area contributed by atoms with E-state index in [0.29, 0.717) is 0 Å². The van der Waals surface area contributed by atoms with Crippen molar-refractivity contribution in [2.75, 3.05) is 6.54 Å². The second-order valence-electron chi connectivity index (χ2n) is 6.24. The van der Waals surface area contributed by atoms with Crippen LogP contribution < -0.4 is 5.32 Å². The Morgan fingerprint density at radius 3 is 2.83 bits per heavy atom. The quantitative estimate of drug-likeness (QED) is 0.537. The molecule has 0 atom stereocenters. The summed E-state index contributed by atoms with van der Waals surface area (Å²) in [6.07, 6.45) is 1.03. The van der Waals surface area contributed by atoms with Gasteiger partial charge in [0, 0.05) is 6.54 Å². The van der Waals surface area contributed by atoms with Crippen molar-refractivity contribution in [1.82, 2.24) is 15.3 Å². The lowest BCUT2D eigenvalue weighted by atomic mass is 10.0. The highest BCUT2D eigenvalue weighted by Crippen LogP contribution is 2.18. The maximum Gasteiger partial charge on any atom is 0.104 e. The smallest absolute Gasteiger partial charge is 0.104 e. The van der Waals surface area contributed by atoms with Gasteiger partial charge in [-0.3, -0.25) is 0 Å². The molecule has 0 spiro atoms. The molecule has 0 unspecified atom stereocenters. The Labute approximate surface area is 141 Å². The van der Waals surface area contributed by atoms with Crippen molar-refractivity contribution < 1.29 is 0 Å². The van der Waals surface area contributed by atoms with Crippen LogP contribution in [-0.2, 0) is 13.0 Å². The summed E-state index contributed by atoms with van der Waals surface area (Å²) in [6.45, 7) is 3.82. The maximum atomic E-state index is 4.50. The number of aromatic amines is 1. The number of nitrogens with one attached hydrogen (secondary N) is 2. The van der Waals surface area contributed by atoms with Gasteiger partial charge >= 0.3 is 0 Å². The second kappa shape index (κ2) is 6.46. The zero-order valence-corrected chi connectivity index (χ0v) is 13.8. The highest BCUT2D eigenvalue weighted by molar-refractivity contribution is 5.85. The van der Waals surface area contributed by atoms with E-state index in [2.05, 4.69) is 75.9 Å². The highest BCUT2D eigenvalue weighted by atomic mass is 14.9. The average Bonchev–Trinajstić information content (AvgIpc) is 2.98. The molecule has 0 aliphatic carbocycles. The number of nitrogens with zero attached hydrogens (tertiary/aromatic N) is 1. The predicted octanol–water partition coefficient (Wildman–Crippen LogP) is 4.36. The Hall–Kier alpha value is -2.65. The third-order valence-electron chi connectivity index (χ3n) is 4.45. The van der Waals surface area contributed by atoms with Crippen molar-refractivity contribution in [3.63, 3.8) is 0 Å². The fraction of sp³-hybridized carbons (Fsp3) is 0.190. The highest BCUT2D eigenvalue weighted by Gasteiger charge is 2.02. The van der Waals surface area contributed by atoms with E-state index >= 15 is 0 Å². The molecule has 3 aromatic carbocycles. The third kappa shape index (κ3) is 3.03. The Balaban J connectivity index is 1.39. The number of H-pyrrole nitrogens is 1. The summed E-state index contributed by atoms with van der Waals surface area (Å²) in [5, 5.41) is 6.22. The first-order valence-electron chi connectivity index (χ1n) is 8.42. The zero-order valence-electron chi connectivity index (χ0n) is 13.8. The van der Waals surface area contributed by atoms with Gasteiger partial charge in [-0.2, -0.15) is 0 Å². The normalized spacial score (nSPS) is 11.4. The monoisotopic (exact) mass is 315 g/mol. The van der Waals surface area contributed by atoms with E-state index in [1.165, 1.54) is 21.9 Å². The van der Waals surface area contributed by atoms with Gasteiger partial charge < -0.3 is 10.3 Å². The molecule has 0 bridgehead atoms. The molecular formula is C21H21N3. The van der Waals surface area contributed by atoms with Gasteiger partial charge in [-0.1, -0.05) is 48.5 Å². The number of imidazole rings is 1. The molecule has 1 aromatic heterocycles. The summed E-state index contributed by atoms with van der Waals surface area (Å²) in [4.78, 5) is 7.76. The van der Waals surface area contributed by atoms with E-state index in [4.69, 9.17) is 0 Å². The summed E-state index contributed by atoms with van der Waals surface area (Å²) >= 11 is 0. The predicted molar refractivity (Wildman–Crippen MR) is 100 cm³/mol.